The Kier molecular flexibility index (Phi) is 5.39. The molecule has 5 heteroatoms. The second kappa shape index (κ2) is 6.59. The smallest absolute Gasteiger partial charge is 0.410 e. The predicted molar refractivity (Wildman–Crippen MR) is 71.7 cm³/mol. The van der Waals surface area contributed by atoms with E-state index in [9.17, 15) is 9.59 Å². The number of rotatable bonds is 3. The van der Waals surface area contributed by atoms with E-state index in [1.807, 2.05) is 20.8 Å². The lowest BCUT2D eigenvalue weighted by Crippen LogP contribution is -2.43. The molecule has 0 aromatic carbocycles. The van der Waals surface area contributed by atoms with Crippen molar-refractivity contribution in [2.24, 2.45) is 0 Å². The number of likely N-dealkylation sites (tertiary alicyclic amines) is 1. The number of hydrogen-bond donors (Lipinski definition) is 0. The van der Waals surface area contributed by atoms with Gasteiger partial charge in [-0.3, -0.25) is 4.79 Å². The monoisotopic (exact) mass is 269 g/mol. The van der Waals surface area contributed by atoms with Crippen molar-refractivity contribution in [2.45, 2.75) is 51.7 Å². The van der Waals surface area contributed by atoms with Gasteiger partial charge in [0.2, 0.25) is 0 Å². The molecule has 1 fully saturated rings. The van der Waals surface area contributed by atoms with Gasteiger partial charge in [-0.1, -0.05) is 6.08 Å². The number of carbonyl (C=O) groups excluding carboxylic acids is 2. The number of carbonyl (C=O) groups is 2. The van der Waals surface area contributed by atoms with Crippen LogP contribution in [-0.4, -0.2) is 41.8 Å². The third-order valence-electron chi connectivity index (χ3n) is 2.70. The van der Waals surface area contributed by atoms with Crippen molar-refractivity contribution in [3.63, 3.8) is 0 Å². The Labute approximate surface area is 114 Å². The highest BCUT2D eigenvalue weighted by Crippen LogP contribution is 2.17. The van der Waals surface area contributed by atoms with Crippen molar-refractivity contribution in [3.8, 4) is 0 Å². The van der Waals surface area contributed by atoms with E-state index in [2.05, 4.69) is 6.58 Å². The Morgan fingerprint density at radius 1 is 1.32 bits per heavy atom. The number of ether oxygens (including phenoxy) is 2. The van der Waals surface area contributed by atoms with E-state index in [1.165, 1.54) is 6.08 Å². The number of piperidine rings is 1. The van der Waals surface area contributed by atoms with Crippen LogP contribution < -0.4 is 0 Å². The molecular formula is C14H23NO4. The minimum atomic E-state index is -0.482. The molecule has 5 nitrogen and oxygen atoms in total. The summed E-state index contributed by atoms with van der Waals surface area (Å²) in [7, 11) is 0. The number of amides is 1. The summed E-state index contributed by atoms with van der Waals surface area (Å²) in [6.45, 7) is 10.1. The van der Waals surface area contributed by atoms with Crippen LogP contribution in [0.3, 0.4) is 0 Å². The van der Waals surface area contributed by atoms with Crippen LogP contribution in [0.4, 0.5) is 4.79 Å². The minimum absolute atomic E-state index is 0.105. The molecule has 0 aromatic heterocycles. The fraction of sp³-hybridized carbons (Fsp3) is 0.714. The summed E-state index contributed by atoms with van der Waals surface area (Å²) in [6, 6.07) is 0. The summed E-state index contributed by atoms with van der Waals surface area (Å²) >= 11 is 0. The first-order valence-corrected chi connectivity index (χ1v) is 6.60. The molecule has 1 rings (SSSR count). The molecule has 0 saturated carbocycles. The van der Waals surface area contributed by atoms with Gasteiger partial charge >= 0.3 is 12.1 Å². The third-order valence-corrected chi connectivity index (χ3v) is 2.70. The first-order chi connectivity index (χ1) is 8.81. The highest BCUT2D eigenvalue weighted by atomic mass is 16.6. The van der Waals surface area contributed by atoms with Gasteiger partial charge in [0, 0.05) is 25.9 Å². The van der Waals surface area contributed by atoms with E-state index >= 15 is 0 Å². The maximum absolute atomic E-state index is 11.8. The maximum atomic E-state index is 11.8. The molecular weight excluding hydrogens is 246 g/mol. The summed E-state index contributed by atoms with van der Waals surface area (Å²) in [5, 5.41) is 0. The molecule has 0 aromatic rings. The second-order valence-corrected chi connectivity index (χ2v) is 5.65. The summed E-state index contributed by atoms with van der Waals surface area (Å²) in [5.41, 5.74) is -0.482. The maximum Gasteiger partial charge on any atom is 0.410 e. The molecule has 0 spiro atoms. The van der Waals surface area contributed by atoms with Gasteiger partial charge in [-0.15, -0.1) is 6.58 Å². The molecule has 1 heterocycles. The van der Waals surface area contributed by atoms with Crippen molar-refractivity contribution in [1.82, 2.24) is 4.90 Å². The summed E-state index contributed by atoms with van der Waals surface area (Å²) in [4.78, 5) is 24.8. The lowest BCUT2D eigenvalue weighted by molar-refractivity contribution is -0.149. The van der Waals surface area contributed by atoms with Crippen molar-refractivity contribution in [2.75, 3.05) is 13.1 Å². The van der Waals surface area contributed by atoms with Gasteiger partial charge in [0.25, 0.3) is 0 Å². The Hall–Kier alpha value is -1.52. The molecule has 1 amide bonds. The first kappa shape index (κ1) is 15.5. The molecule has 0 atom stereocenters. The van der Waals surface area contributed by atoms with Crippen LogP contribution in [0.1, 0.15) is 40.0 Å². The van der Waals surface area contributed by atoms with Gasteiger partial charge in [-0.25, -0.2) is 4.79 Å². The van der Waals surface area contributed by atoms with E-state index in [0.29, 0.717) is 25.9 Å². The molecule has 1 aliphatic heterocycles. The number of nitrogens with zero attached hydrogens (tertiary/aromatic N) is 1. The van der Waals surface area contributed by atoms with Crippen molar-refractivity contribution in [1.29, 1.82) is 0 Å². The van der Waals surface area contributed by atoms with Crippen LogP contribution in [-0.2, 0) is 14.3 Å². The van der Waals surface area contributed by atoms with E-state index in [0.717, 1.165) is 0 Å². The van der Waals surface area contributed by atoms with Crippen LogP contribution in [0.5, 0.6) is 0 Å². The topological polar surface area (TPSA) is 55.8 Å². The highest BCUT2D eigenvalue weighted by molar-refractivity contribution is 5.71. The van der Waals surface area contributed by atoms with Crippen molar-refractivity contribution in [3.05, 3.63) is 12.7 Å². The first-order valence-electron chi connectivity index (χ1n) is 6.60. The average Bonchev–Trinajstić information content (AvgIpc) is 2.27. The second-order valence-electron chi connectivity index (χ2n) is 5.65. The largest absolute Gasteiger partial charge is 0.462 e. The Balaban J connectivity index is 2.34. The van der Waals surface area contributed by atoms with Gasteiger partial charge < -0.3 is 14.4 Å². The average molecular weight is 269 g/mol. The van der Waals surface area contributed by atoms with Gasteiger partial charge in [-0.05, 0) is 20.8 Å². The zero-order chi connectivity index (χ0) is 14.5. The third kappa shape index (κ3) is 5.77. The van der Waals surface area contributed by atoms with Crippen LogP contribution in [0.15, 0.2) is 12.7 Å². The standard InChI is InChI=1S/C14H23NO4/c1-5-6-12(16)18-11-7-9-15(10-8-11)13(17)19-14(2,3)4/h5,11H,1,6-10H2,2-4H3. The number of esters is 1. The van der Waals surface area contributed by atoms with Gasteiger partial charge in [0.05, 0.1) is 6.42 Å². The molecule has 0 bridgehead atoms. The van der Waals surface area contributed by atoms with E-state index in [-0.39, 0.29) is 24.6 Å². The molecule has 0 unspecified atom stereocenters. The summed E-state index contributed by atoms with van der Waals surface area (Å²) in [5.74, 6) is -0.259. The molecule has 19 heavy (non-hydrogen) atoms. The summed E-state index contributed by atoms with van der Waals surface area (Å²) in [6.07, 6.45) is 2.66. The Morgan fingerprint density at radius 2 is 1.89 bits per heavy atom. The molecule has 0 radical (unpaired) electrons. The Bertz CT molecular complexity index is 338. The van der Waals surface area contributed by atoms with E-state index < -0.39 is 5.60 Å². The lowest BCUT2D eigenvalue weighted by Gasteiger charge is -2.33. The van der Waals surface area contributed by atoms with Crippen LogP contribution in [0.2, 0.25) is 0 Å². The fourth-order valence-electron chi connectivity index (χ4n) is 1.83. The zero-order valence-electron chi connectivity index (χ0n) is 12.0. The van der Waals surface area contributed by atoms with Crippen molar-refractivity contribution < 1.29 is 19.1 Å². The van der Waals surface area contributed by atoms with Gasteiger partial charge in [0.15, 0.2) is 0 Å². The van der Waals surface area contributed by atoms with E-state index in [1.54, 1.807) is 4.90 Å². The minimum Gasteiger partial charge on any atom is -0.462 e. The van der Waals surface area contributed by atoms with Crippen LogP contribution in [0, 0.1) is 0 Å². The van der Waals surface area contributed by atoms with Gasteiger partial charge in [-0.2, -0.15) is 0 Å². The van der Waals surface area contributed by atoms with Crippen LogP contribution >= 0.6 is 0 Å². The quantitative estimate of drug-likeness (QED) is 0.583. The fourth-order valence-corrected chi connectivity index (χ4v) is 1.83. The predicted octanol–water partition coefficient (Wildman–Crippen LogP) is 2.51. The SMILES string of the molecule is C=CCC(=O)OC1CCN(C(=O)OC(C)(C)C)CC1. The zero-order valence-corrected chi connectivity index (χ0v) is 12.0. The Morgan fingerprint density at radius 3 is 2.37 bits per heavy atom. The van der Waals surface area contributed by atoms with E-state index in [4.69, 9.17) is 9.47 Å². The van der Waals surface area contributed by atoms with Crippen LogP contribution in [0.25, 0.3) is 0 Å². The molecule has 0 aliphatic carbocycles. The van der Waals surface area contributed by atoms with Crippen molar-refractivity contribution >= 4 is 12.1 Å². The molecule has 1 aliphatic rings. The molecule has 108 valence electrons. The lowest BCUT2D eigenvalue weighted by atomic mass is 10.1. The number of hydrogen-bond acceptors (Lipinski definition) is 4. The van der Waals surface area contributed by atoms with Gasteiger partial charge in [0.1, 0.15) is 11.7 Å². The highest BCUT2D eigenvalue weighted by Gasteiger charge is 2.28. The summed E-state index contributed by atoms with van der Waals surface area (Å²) < 4.78 is 10.6. The normalized spacial score (nSPS) is 16.9. The molecule has 0 N–H and O–H groups in total. The molecule has 1 saturated heterocycles.